The lowest BCUT2D eigenvalue weighted by Crippen LogP contribution is -1.99. The monoisotopic (exact) mass is 365 g/mol. The van der Waals surface area contributed by atoms with Crippen LogP contribution in [-0.2, 0) is 0 Å². The lowest BCUT2D eigenvalue weighted by molar-refractivity contribution is 0.104. The Bertz CT molecular complexity index is 1150. The summed E-state index contributed by atoms with van der Waals surface area (Å²) in [5.74, 6) is 0.629. The Balaban J connectivity index is 1.84. The van der Waals surface area contributed by atoms with Gasteiger partial charge in [-0.05, 0) is 35.9 Å². The number of allylic oxidation sites excluding steroid dienone is 1. The van der Waals surface area contributed by atoms with E-state index in [-0.39, 0.29) is 5.78 Å². The fourth-order valence-electron chi connectivity index (χ4n) is 3.12. The fourth-order valence-corrected chi connectivity index (χ4v) is 3.12. The third-order valence-corrected chi connectivity index (χ3v) is 4.58. The predicted octanol–water partition coefficient (Wildman–Crippen LogP) is 5.81. The van der Waals surface area contributed by atoms with Crippen molar-refractivity contribution in [3.05, 3.63) is 102 Å². The van der Waals surface area contributed by atoms with Crippen LogP contribution in [0, 0.1) is 0 Å². The zero-order valence-corrected chi connectivity index (χ0v) is 15.5. The molecule has 1 heterocycles. The number of carbonyl (C=O) groups is 1. The molecule has 0 saturated heterocycles. The van der Waals surface area contributed by atoms with Gasteiger partial charge in [-0.1, -0.05) is 66.7 Å². The van der Waals surface area contributed by atoms with E-state index in [0.717, 1.165) is 27.7 Å². The first kappa shape index (κ1) is 17.7. The number of nitrogens with zero attached hydrogens (tertiary/aromatic N) is 1. The largest absolute Gasteiger partial charge is 0.497 e. The summed E-state index contributed by atoms with van der Waals surface area (Å²) in [4.78, 5) is 17.8. The number of benzene rings is 3. The number of carbonyl (C=O) groups excluding carboxylic acids is 1. The van der Waals surface area contributed by atoms with Gasteiger partial charge in [0, 0.05) is 16.5 Å². The van der Waals surface area contributed by atoms with E-state index >= 15 is 0 Å². The van der Waals surface area contributed by atoms with Crippen LogP contribution in [-0.4, -0.2) is 17.9 Å². The van der Waals surface area contributed by atoms with Crippen molar-refractivity contribution in [3.63, 3.8) is 0 Å². The summed E-state index contributed by atoms with van der Waals surface area (Å²) in [6.45, 7) is 0. The zero-order valence-electron chi connectivity index (χ0n) is 15.5. The van der Waals surface area contributed by atoms with Crippen LogP contribution in [0.25, 0.3) is 28.2 Å². The molecule has 0 unspecified atom stereocenters. The van der Waals surface area contributed by atoms with Gasteiger partial charge in [0.05, 0.1) is 18.3 Å². The van der Waals surface area contributed by atoms with Crippen LogP contribution in [0.2, 0.25) is 0 Å². The topological polar surface area (TPSA) is 39.2 Å². The first-order valence-electron chi connectivity index (χ1n) is 9.06. The van der Waals surface area contributed by atoms with Crippen molar-refractivity contribution in [2.24, 2.45) is 0 Å². The van der Waals surface area contributed by atoms with E-state index in [0.29, 0.717) is 11.3 Å². The molecule has 3 aromatic carbocycles. The number of methoxy groups -OCH3 is 1. The number of fused-ring (bicyclic) bond motifs is 1. The van der Waals surface area contributed by atoms with Crippen LogP contribution in [0.4, 0.5) is 0 Å². The third-order valence-electron chi connectivity index (χ3n) is 4.58. The van der Waals surface area contributed by atoms with Gasteiger partial charge in [0.2, 0.25) is 0 Å². The Morgan fingerprint density at radius 2 is 1.61 bits per heavy atom. The molecule has 28 heavy (non-hydrogen) atoms. The third kappa shape index (κ3) is 3.69. The van der Waals surface area contributed by atoms with Crippen molar-refractivity contribution in [1.82, 2.24) is 4.98 Å². The molecule has 1 aromatic heterocycles. The molecule has 0 fully saturated rings. The first-order valence-corrected chi connectivity index (χ1v) is 9.06. The molecule has 136 valence electrons. The van der Waals surface area contributed by atoms with E-state index in [2.05, 4.69) is 0 Å². The molecular formula is C25H19NO2. The van der Waals surface area contributed by atoms with E-state index < -0.39 is 0 Å². The van der Waals surface area contributed by atoms with Crippen molar-refractivity contribution < 1.29 is 9.53 Å². The smallest absolute Gasteiger partial charge is 0.186 e. The van der Waals surface area contributed by atoms with Crippen molar-refractivity contribution in [3.8, 4) is 17.0 Å². The molecular weight excluding hydrogens is 346 g/mol. The molecule has 3 heteroatoms. The molecule has 0 bridgehead atoms. The Labute approximate surface area is 163 Å². The quantitative estimate of drug-likeness (QED) is 0.331. The molecule has 0 radical (unpaired) electrons. The predicted molar refractivity (Wildman–Crippen MR) is 114 cm³/mol. The lowest BCUT2D eigenvalue weighted by Gasteiger charge is -2.09. The van der Waals surface area contributed by atoms with Gasteiger partial charge < -0.3 is 4.74 Å². The molecule has 0 atom stereocenters. The van der Waals surface area contributed by atoms with E-state index in [1.165, 1.54) is 0 Å². The lowest BCUT2D eigenvalue weighted by atomic mass is 10.00. The van der Waals surface area contributed by atoms with Gasteiger partial charge in [-0.3, -0.25) is 4.79 Å². The Kier molecular flexibility index (Phi) is 4.98. The summed E-state index contributed by atoms with van der Waals surface area (Å²) in [7, 11) is 1.61. The highest BCUT2D eigenvalue weighted by atomic mass is 16.5. The molecule has 0 aliphatic heterocycles. The minimum atomic E-state index is -0.0679. The Morgan fingerprint density at radius 3 is 2.32 bits per heavy atom. The summed E-state index contributed by atoms with van der Waals surface area (Å²) in [6, 6.07) is 27.1. The van der Waals surface area contributed by atoms with Gasteiger partial charge >= 0.3 is 0 Å². The highest BCUT2D eigenvalue weighted by Crippen LogP contribution is 2.28. The highest BCUT2D eigenvalue weighted by molar-refractivity contribution is 6.15. The maximum atomic E-state index is 13.1. The second-order valence-corrected chi connectivity index (χ2v) is 6.41. The van der Waals surface area contributed by atoms with Crippen molar-refractivity contribution in [2.45, 2.75) is 0 Å². The summed E-state index contributed by atoms with van der Waals surface area (Å²) in [6.07, 6.45) is 3.44. The van der Waals surface area contributed by atoms with Gasteiger partial charge in [0.25, 0.3) is 0 Å². The van der Waals surface area contributed by atoms with Gasteiger partial charge in [0.1, 0.15) is 5.75 Å². The molecule has 4 aromatic rings. The second kappa shape index (κ2) is 7.89. The van der Waals surface area contributed by atoms with Gasteiger partial charge in [-0.15, -0.1) is 0 Å². The van der Waals surface area contributed by atoms with Gasteiger partial charge in [-0.2, -0.15) is 0 Å². The van der Waals surface area contributed by atoms with Crippen molar-refractivity contribution in [2.75, 3.05) is 7.11 Å². The molecule has 0 N–H and O–H groups in total. The van der Waals surface area contributed by atoms with Gasteiger partial charge in [-0.25, -0.2) is 4.98 Å². The summed E-state index contributed by atoms with van der Waals surface area (Å²) in [5, 5.41) is 0.779. The number of ketones is 1. The van der Waals surface area contributed by atoms with Crippen LogP contribution in [0.15, 0.2) is 91.0 Å². The van der Waals surface area contributed by atoms with Crippen molar-refractivity contribution >= 4 is 22.8 Å². The SMILES string of the molecule is COc1ccc2nc(-c3ccccc3)cc(C(=O)C=Cc3ccccc3)c2c1. The van der Waals surface area contributed by atoms with Gasteiger partial charge in [0.15, 0.2) is 5.78 Å². The minimum Gasteiger partial charge on any atom is -0.497 e. The standard InChI is InChI=1S/C25H19NO2/c1-28-20-13-14-23-21(16-20)22(17-24(26-23)19-10-6-3-7-11-19)25(27)15-12-18-8-4-2-5-9-18/h2-17H,1H3. The number of hydrogen-bond acceptors (Lipinski definition) is 3. The maximum Gasteiger partial charge on any atom is 0.186 e. The number of hydrogen-bond donors (Lipinski definition) is 0. The van der Waals surface area contributed by atoms with E-state index in [9.17, 15) is 4.79 Å². The minimum absolute atomic E-state index is 0.0679. The number of aromatic nitrogens is 1. The molecule has 0 aliphatic carbocycles. The van der Waals surface area contributed by atoms with Crippen LogP contribution >= 0.6 is 0 Å². The van der Waals surface area contributed by atoms with Crippen LogP contribution in [0.3, 0.4) is 0 Å². The van der Waals surface area contributed by atoms with Crippen LogP contribution < -0.4 is 4.74 Å². The number of rotatable bonds is 5. The first-order chi connectivity index (χ1) is 13.7. The number of ether oxygens (including phenoxy) is 1. The summed E-state index contributed by atoms with van der Waals surface area (Å²) in [5.41, 5.74) is 4.10. The average molecular weight is 365 g/mol. The summed E-state index contributed by atoms with van der Waals surface area (Å²) < 4.78 is 5.34. The molecule has 4 rings (SSSR count). The van der Waals surface area contributed by atoms with Crippen LogP contribution in [0.1, 0.15) is 15.9 Å². The fraction of sp³-hybridized carbons (Fsp3) is 0.0400. The average Bonchev–Trinajstić information content (AvgIpc) is 2.77. The molecule has 0 spiro atoms. The second-order valence-electron chi connectivity index (χ2n) is 6.41. The maximum absolute atomic E-state index is 13.1. The van der Waals surface area contributed by atoms with Crippen molar-refractivity contribution in [1.29, 1.82) is 0 Å². The van der Waals surface area contributed by atoms with E-state index in [1.807, 2.05) is 91.0 Å². The van der Waals surface area contributed by atoms with Crippen LogP contribution in [0.5, 0.6) is 5.75 Å². The Morgan fingerprint density at radius 1 is 0.893 bits per heavy atom. The summed E-state index contributed by atoms with van der Waals surface area (Å²) >= 11 is 0. The normalized spacial score (nSPS) is 11.0. The highest BCUT2D eigenvalue weighted by Gasteiger charge is 2.13. The molecule has 3 nitrogen and oxygen atoms in total. The molecule has 0 aliphatic rings. The molecule has 0 saturated carbocycles. The van der Waals surface area contributed by atoms with E-state index in [4.69, 9.17) is 9.72 Å². The zero-order chi connectivity index (χ0) is 19.3. The Hall–Kier alpha value is -3.72. The van der Waals surface area contributed by atoms with E-state index in [1.54, 1.807) is 13.2 Å². The number of pyridine rings is 1. The molecule has 0 amide bonds.